The molecule has 10 heteroatoms. The Morgan fingerprint density at radius 3 is 2.56 bits per heavy atom. The lowest BCUT2D eigenvalue weighted by Crippen LogP contribution is -2.32. The molecule has 0 fully saturated rings. The summed E-state index contributed by atoms with van der Waals surface area (Å²) in [7, 11) is 2.84. The first-order chi connectivity index (χ1) is 15.4. The molecule has 2 unspecified atom stereocenters. The van der Waals surface area contributed by atoms with Gasteiger partial charge in [0, 0.05) is 6.04 Å². The van der Waals surface area contributed by atoms with Gasteiger partial charge in [0.05, 0.1) is 26.7 Å². The van der Waals surface area contributed by atoms with E-state index < -0.39 is 24.0 Å². The molecular formula is C22H25N5O5. The van der Waals surface area contributed by atoms with Gasteiger partial charge in [0.1, 0.15) is 12.3 Å². The van der Waals surface area contributed by atoms with Crippen LogP contribution in [-0.4, -0.2) is 51.5 Å². The summed E-state index contributed by atoms with van der Waals surface area (Å²) >= 11 is 0. The molecule has 0 bridgehead atoms. The van der Waals surface area contributed by atoms with Crippen molar-refractivity contribution >= 4 is 11.9 Å². The van der Waals surface area contributed by atoms with Gasteiger partial charge in [0.25, 0.3) is 0 Å². The van der Waals surface area contributed by atoms with Gasteiger partial charge in [-0.2, -0.15) is 0 Å². The Bertz CT molecular complexity index is 1080. The lowest BCUT2D eigenvalue weighted by Gasteiger charge is -2.25. The van der Waals surface area contributed by atoms with Gasteiger partial charge in [-0.05, 0) is 40.6 Å². The summed E-state index contributed by atoms with van der Waals surface area (Å²) in [5.41, 5.74) is 2.56. The average molecular weight is 439 g/mol. The summed E-state index contributed by atoms with van der Waals surface area (Å²) in [6.45, 7) is 1.76. The molecule has 2 aromatic carbocycles. The van der Waals surface area contributed by atoms with E-state index in [1.807, 2.05) is 49.4 Å². The number of carboxylic acids is 1. The Morgan fingerprint density at radius 2 is 1.88 bits per heavy atom. The molecular weight excluding hydrogens is 414 g/mol. The fraction of sp³-hybridized carbons (Fsp3) is 0.318. The van der Waals surface area contributed by atoms with E-state index in [2.05, 4.69) is 20.8 Å². The van der Waals surface area contributed by atoms with E-state index in [1.165, 1.54) is 11.8 Å². The molecule has 0 radical (unpaired) electrons. The van der Waals surface area contributed by atoms with Crippen molar-refractivity contribution in [3.63, 3.8) is 0 Å². The summed E-state index contributed by atoms with van der Waals surface area (Å²) in [6.07, 6.45) is -0.164. The summed E-state index contributed by atoms with van der Waals surface area (Å²) in [4.78, 5) is 23.5. The first-order valence-electron chi connectivity index (χ1n) is 9.92. The molecule has 0 aliphatic carbocycles. The molecule has 0 aliphatic rings. The second-order valence-electron chi connectivity index (χ2n) is 7.21. The van der Waals surface area contributed by atoms with E-state index in [-0.39, 0.29) is 13.0 Å². The van der Waals surface area contributed by atoms with Gasteiger partial charge in [0.15, 0.2) is 5.82 Å². The van der Waals surface area contributed by atoms with E-state index in [0.29, 0.717) is 11.6 Å². The van der Waals surface area contributed by atoms with E-state index >= 15 is 0 Å². The number of ether oxygens (including phenoxy) is 2. The molecule has 32 heavy (non-hydrogen) atoms. The standard InChI is InChI=1S/C22H25N5O5/c1-14-6-4-7-15(10-14)18(12-19(28)29)23-21(16-8-5-9-17(11-16)31-2)22-24-25-26-27(22)13-20(30)32-3/h4-11,18,21,23H,12-13H2,1-3H3,(H,28,29). The minimum absolute atomic E-state index is 0.164. The Labute approximate surface area is 185 Å². The summed E-state index contributed by atoms with van der Waals surface area (Å²) in [5.74, 6) is -0.510. The number of rotatable bonds is 10. The molecule has 3 rings (SSSR count). The number of aromatic nitrogens is 4. The van der Waals surface area contributed by atoms with Crippen LogP contribution in [0, 0.1) is 6.92 Å². The van der Waals surface area contributed by atoms with Crippen LogP contribution in [0.5, 0.6) is 5.75 Å². The number of tetrazole rings is 1. The number of esters is 1. The average Bonchev–Trinajstić information content (AvgIpc) is 3.23. The summed E-state index contributed by atoms with van der Waals surface area (Å²) in [5, 5.41) is 24.7. The second kappa shape index (κ2) is 10.5. The Kier molecular flexibility index (Phi) is 7.50. The van der Waals surface area contributed by atoms with E-state index in [9.17, 15) is 14.7 Å². The number of hydrogen-bond donors (Lipinski definition) is 2. The number of benzene rings is 2. The van der Waals surface area contributed by atoms with E-state index in [4.69, 9.17) is 9.47 Å². The van der Waals surface area contributed by atoms with Crippen LogP contribution in [0.4, 0.5) is 0 Å². The normalized spacial score (nSPS) is 12.7. The van der Waals surface area contributed by atoms with Crippen LogP contribution in [0.3, 0.4) is 0 Å². The van der Waals surface area contributed by atoms with Crippen LogP contribution >= 0.6 is 0 Å². The SMILES string of the molecule is COC(=O)Cn1nnnc1C(NC(CC(=O)O)c1cccc(C)c1)c1cccc(OC)c1. The minimum Gasteiger partial charge on any atom is -0.497 e. The largest absolute Gasteiger partial charge is 0.497 e. The molecule has 2 N–H and O–H groups in total. The van der Waals surface area contributed by atoms with Gasteiger partial charge in [-0.3, -0.25) is 14.9 Å². The molecule has 10 nitrogen and oxygen atoms in total. The molecule has 0 spiro atoms. The van der Waals surface area contributed by atoms with Crippen molar-refractivity contribution in [3.8, 4) is 5.75 Å². The Balaban J connectivity index is 2.06. The van der Waals surface area contributed by atoms with Gasteiger partial charge in [0.2, 0.25) is 0 Å². The highest BCUT2D eigenvalue weighted by Gasteiger charge is 2.27. The van der Waals surface area contributed by atoms with Crippen LogP contribution in [0.15, 0.2) is 48.5 Å². The number of nitrogens with zero attached hydrogens (tertiary/aromatic N) is 4. The Morgan fingerprint density at radius 1 is 1.12 bits per heavy atom. The van der Waals surface area contributed by atoms with E-state index in [0.717, 1.165) is 16.7 Å². The van der Waals surface area contributed by atoms with Crippen molar-refractivity contribution in [3.05, 3.63) is 71.0 Å². The number of carboxylic acid groups (broad SMARTS) is 1. The van der Waals surface area contributed by atoms with Crippen molar-refractivity contribution in [2.45, 2.75) is 32.0 Å². The van der Waals surface area contributed by atoms with Crippen LogP contribution in [-0.2, 0) is 20.9 Å². The van der Waals surface area contributed by atoms with Gasteiger partial charge in [-0.25, -0.2) is 4.68 Å². The lowest BCUT2D eigenvalue weighted by atomic mass is 9.98. The maximum absolute atomic E-state index is 11.9. The highest BCUT2D eigenvalue weighted by Crippen LogP contribution is 2.29. The van der Waals surface area contributed by atoms with Crippen LogP contribution < -0.4 is 10.1 Å². The van der Waals surface area contributed by atoms with Crippen molar-refractivity contribution in [2.24, 2.45) is 0 Å². The zero-order chi connectivity index (χ0) is 23.1. The zero-order valence-electron chi connectivity index (χ0n) is 18.1. The van der Waals surface area contributed by atoms with E-state index in [1.54, 1.807) is 13.2 Å². The second-order valence-corrected chi connectivity index (χ2v) is 7.21. The summed E-state index contributed by atoms with van der Waals surface area (Å²) in [6, 6.07) is 13.7. The van der Waals surface area contributed by atoms with Crippen molar-refractivity contribution in [1.29, 1.82) is 0 Å². The van der Waals surface area contributed by atoms with Crippen LogP contribution in [0.2, 0.25) is 0 Å². The first-order valence-corrected chi connectivity index (χ1v) is 9.92. The molecule has 3 aromatic rings. The number of nitrogens with one attached hydrogen (secondary N) is 1. The highest BCUT2D eigenvalue weighted by molar-refractivity contribution is 5.69. The van der Waals surface area contributed by atoms with Crippen molar-refractivity contribution in [2.75, 3.05) is 14.2 Å². The molecule has 2 atom stereocenters. The minimum atomic E-state index is -0.956. The maximum atomic E-state index is 11.9. The van der Waals surface area contributed by atoms with Gasteiger partial charge in [-0.15, -0.1) is 5.10 Å². The molecule has 168 valence electrons. The van der Waals surface area contributed by atoms with Gasteiger partial charge < -0.3 is 14.6 Å². The smallest absolute Gasteiger partial charge is 0.327 e. The molecule has 0 amide bonds. The molecule has 0 saturated heterocycles. The lowest BCUT2D eigenvalue weighted by molar-refractivity contribution is -0.141. The molecule has 0 aliphatic heterocycles. The summed E-state index contributed by atoms with van der Waals surface area (Å²) < 4.78 is 11.4. The van der Waals surface area contributed by atoms with Crippen molar-refractivity contribution in [1.82, 2.24) is 25.5 Å². The number of hydrogen-bond acceptors (Lipinski definition) is 8. The predicted octanol–water partition coefficient (Wildman–Crippen LogP) is 2.06. The quantitative estimate of drug-likeness (QED) is 0.456. The molecule has 1 heterocycles. The third-order valence-electron chi connectivity index (χ3n) is 4.94. The topological polar surface area (TPSA) is 128 Å². The zero-order valence-corrected chi connectivity index (χ0v) is 18.1. The fourth-order valence-corrected chi connectivity index (χ4v) is 3.39. The van der Waals surface area contributed by atoms with Crippen LogP contribution in [0.25, 0.3) is 0 Å². The number of carbonyl (C=O) groups excluding carboxylic acids is 1. The van der Waals surface area contributed by atoms with Crippen LogP contribution in [0.1, 0.15) is 41.0 Å². The van der Waals surface area contributed by atoms with Gasteiger partial charge in [-0.1, -0.05) is 42.0 Å². The third-order valence-corrected chi connectivity index (χ3v) is 4.94. The number of methoxy groups -OCH3 is 2. The molecule has 0 saturated carbocycles. The van der Waals surface area contributed by atoms with Gasteiger partial charge >= 0.3 is 11.9 Å². The monoisotopic (exact) mass is 439 g/mol. The number of aliphatic carboxylic acids is 1. The molecule has 1 aromatic heterocycles. The highest BCUT2D eigenvalue weighted by atomic mass is 16.5. The van der Waals surface area contributed by atoms with Crippen molar-refractivity contribution < 1.29 is 24.2 Å². The third kappa shape index (κ3) is 5.67. The Hall–Kier alpha value is -3.79. The maximum Gasteiger partial charge on any atom is 0.327 e. The first kappa shape index (κ1) is 22.9. The predicted molar refractivity (Wildman–Crippen MR) is 114 cm³/mol. The number of aryl methyl sites for hydroxylation is 1. The fourth-order valence-electron chi connectivity index (χ4n) is 3.39. The number of carbonyl (C=O) groups is 2.